The molecule has 1 aliphatic rings. The van der Waals surface area contributed by atoms with Gasteiger partial charge in [-0.15, -0.1) is 0 Å². The van der Waals surface area contributed by atoms with Crippen molar-refractivity contribution >= 4 is 17.5 Å². The molecule has 1 aliphatic heterocycles. The second-order valence-corrected chi connectivity index (χ2v) is 5.92. The number of aryl methyl sites for hydroxylation is 1. The fourth-order valence-electron chi connectivity index (χ4n) is 2.45. The van der Waals surface area contributed by atoms with Crippen molar-refractivity contribution in [3.05, 3.63) is 46.4 Å². The molecule has 1 amide bonds. The molecule has 0 saturated heterocycles. The van der Waals surface area contributed by atoms with Gasteiger partial charge in [0.2, 0.25) is 0 Å². The van der Waals surface area contributed by atoms with E-state index in [1.165, 1.54) is 0 Å². The van der Waals surface area contributed by atoms with Crippen molar-refractivity contribution in [1.82, 2.24) is 4.90 Å². The molecule has 1 aromatic heterocycles. The van der Waals surface area contributed by atoms with E-state index < -0.39 is 0 Å². The first-order chi connectivity index (χ1) is 11.0. The number of carbonyl (C=O) groups excluding carboxylic acids is 1. The van der Waals surface area contributed by atoms with Gasteiger partial charge in [-0.1, -0.05) is 11.6 Å². The van der Waals surface area contributed by atoms with Crippen LogP contribution in [0.3, 0.4) is 0 Å². The summed E-state index contributed by atoms with van der Waals surface area (Å²) < 4.78 is 16.7. The summed E-state index contributed by atoms with van der Waals surface area (Å²) in [6.45, 7) is 3.36. The Balaban J connectivity index is 1.81. The van der Waals surface area contributed by atoms with Gasteiger partial charge >= 0.3 is 0 Å². The van der Waals surface area contributed by atoms with Gasteiger partial charge in [0, 0.05) is 19.0 Å². The number of amides is 1. The topological polar surface area (TPSA) is 51.9 Å². The molecule has 0 saturated carbocycles. The highest BCUT2D eigenvalue weighted by molar-refractivity contribution is 6.32. The third-order valence-electron chi connectivity index (χ3n) is 3.58. The van der Waals surface area contributed by atoms with Crippen LogP contribution >= 0.6 is 11.6 Å². The van der Waals surface area contributed by atoms with Crippen LogP contribution in [0.25, 0.3) is 0 Å². The summed E-state index contributed by atoms with van der Waals surface area (Å²) >= 11 is 6.24. The molecule has 0 fully saturated rings. The Labute approximate surface area is 139 Å². The smallest absolute Gasteiger partial charge is 0.254 e. The summed E-state index contributed by atoms with van der Waals surface area (Å²) in [7, 11) is 1.72. The molecule has 2 heterocycles. The van der Waals surface area contributed by atoms with Gasteiger partial charge in [0.05, 0.1) is 24.8 Å². The minimum atomic E-state index is -0.156. The number of furan rings is 1. The summed E-state index contributed by atoms with van der Waals surface area (Å²) in [4.78, 5) is 14.2. The van der Waals surface area contributed by atoms with Gasteiger partial charge in [-0.25, -0.2) is 0 Å². The molecule has 23 heavy (non-hydrogen) atoms. The number of halogens is 1. The van der Waals surface area contributed by atoms with Crippen molar-refractivity contribution in [2.24, 2.45) is 0 Å². The van der Waals surface area contributed by atoms with E-state index in [-0.39, 0.29) is 5.91 Å². The highest BCUT2D eigenvalue weighted by Gasteiger charge is 2.20. The zero-order chi connectivity index (χ0) is 16.4. The van der Waals surface area contributed by atoms with Gasteiger partial charge < -0.3 is 18.8 Å². The van der Waals surface area contributed by atoms with Gasteiger partial charge in [-0.05, 0) is 31.2 Å². The second kappa shape index (κ2) is 6.54. The summed E-state index contributed by atoms with van der Waals surface area (Å²) in [5.41, 5.74) is 0.463. The molecule has 1 aromatic carbocycles. The number of benzene rings is 1. The van der Waals surface area contributed by atoms with E-state index in [2.05, 4.69) is 0 Å². The number of ether oxygens (including phenoxy) is 2. The molecule has 2 aromatic rings. The Kier molecular flexibility index (Phi) is 4.48. The zero-order valence-corrected chi connectivity index (χ0v) is 13.9. The maximum Gasteiger partial charge on any atom is 0.254 e. The Morgan fingerprint density at radius 1 is 1.26 bits per heavy atom. The minimum absolute atomic E-state index is 0.156. The normalized spacial score (nSPS) is 13.5. The zero-order valence-electron chi connectivity index (χ0n) is 13.1. The lowest BCUT2D eigenvalue weighted by Crippen LogP contribution is -2.26. The number of fused-ring (bicyclic) bond motifs is 1. The third-order valence-corrected chi connectivity index (χ3v) is 3.87. The third kappa shape index (κ3) is 3.45. The van der Waals surface area contributed by atoms with Crippen LogP contribution in [0.5, 0.6) is 11.5 Å². The van der Waals surface area contributed by atoms with Gasteiger partial charge in [0.15, 0.2) is 11.5 Å². The lowest BCUT2D eigenvalue weighted by Gasteiger charge is -2.17. The largest absolute Gasteiger partial charge is 0.489 e. The lowest BCUT2D eigenvalue weighted by atomic mass is 10.1. The van der Waals surface area contributed by atoms with E-state index in [1.807, 2.05) is 19.1 Å². The predicted molar refractivity (Wildman–Crippen MR) is 86.3 cm³/mol. The van der Waals surface area contributed by atoms with Crippen molar-refractivity contribution in [3.63, 3.8) is 0 Å². The lowest BCUT2D eigenvalue weighted by molar-refractivity contribution is 0.0774. The van der Waals surface area contributed by atoms with Crippen LogP contribution in [-0.4, -0.2) is 31.1 Å². The van der Waals surface area contributed by atoms with Crippen LogP contribution in [0.4, 0.5) is 0 Å². The number of hydrogen-bond donors (Lipinski definition) is 0. The van der Waals surface area contributed by atoms with E-state index in [0.717, 1.165) is 17.9 Å². The molecule has 0 aliphatic carbocycles. The van der Waals surface area contributed by atoms with Crippen molar-refractivity contribution in [2.45, 2.75) is 19.9 Å². The average molecular weight is 336 g/mol. The molecule has 122 valence electrons. The molecule has 0 radical (unpaired) electrons. The quantitative estimate of drug-likeness (QED) is 0.858. The maximum atomic E-state index is 12.6. The molecule has 0 atom stereocenters. The monoisotopic (exact) mass is 335 g/mol. The van der Waals surface area contributed by atoms with Crippen LogP contribution in [-0.2, 0) is 6.54 Å². The van der Waals surface area contributed by atoms with Crippen molar-refractivity contribution in [2.75, 3.05) is 20.3 Å². The Morgan fingerprint density at radius 2 is 2.04 bits per heavy atom. The Bertz CT molecular complexity index is 725. The second-order valence-electron chi connectivity index (χ2n) is 5.51. The van der Waals surface area contributed by atoms with Crippen molar-refractivity contribution in [1.29, 1.82) is 0 Å². The standard InChI is InChI=1S/C17H18ClNO4/c1-11-4-5-13(23-11)10-19(2)17(20)12-8-14(18)16-15(9-12)21-6-3-7-22-16/h4-5,8-9H,3,6-7,10H2,1-2H3. The molecule has 0 spiro atoms. The van der Waals surface area contributed by atoms with E-state index in [1.54, 1.807) is 24.1 Å². The molecule has 5 nitrogen and oxygen atoms in total. The summed E-state index contributed by atoms with van der Waals surface area (Å²) in [5, 5.41) is 0.384. The molecular formula is C17H18ClNO4. The highest BCUT2D eigenvalue weighted by atomic mass is 35.5. The average Bonchev–Trinajstić information content (AvgIpc) is 2.78. The summed E-state index contributed by atoms with van der Waals surface area (Å²) in [6, 6.07) is 7.03. The van der Waals surface area contributed by atoms with Crippen LogP contribution < -0.4 is 9.47 Å². The van der Waals surface area contributed by atoms with Crippen molar-refractivity contribution < 1.29 is 18.7 Å². The highest BCUT2D eigenvalue weighted by Crippen LogP contribution is 2.38. The van der Waals surface area contributed by atoms with Crippen LogP contribution in [0.1, 0.15) is 28.3 Å². The van der Waals surface area contributed by atoms with Crippen LogP contribution in [0.15, 0.2) is 28.7 Å². The number of rotatable bonds is 3. The Hall–Kier alpha value is -2.14. The maximum absolute atomic E-state index is 12.6. The van der Waals surface area contributed by atoms with Gasteiger partial charge in [-0.2, -0.15) is 0 Å². The van der Waals surface area contributed by atoms with Crippen LogP contribution in [0.2, 0.25) is 5.02 Å². The molecule has 3 rings (SSSR count). The van der Waals surface area contributed by atoms with Crippen LogP contribution in [0, 0.1) is 6.92 Å². The van der Waals surface area contributed by atoms with E-state index in [9.17, 15) is 4.79 Å². The molecule has 6 heteroatoms. The van der Waals surface area contributed by atoms with Gasteiger partial charge in [-0.3, -0.25) is 4.79 Å². The molecule has 0 N–H and O–H groups in total. The number of nitrogens with zero attached hydrogens (tertiary/aromatic N) is 1. The van der Waals surface area contributed by atoms with Crippen molar-refractivity contribution in [3.8, 4) is 11.5 Å². The van der Waals surface area contributed by atoms with Gasteiger partial charge in [0.1, 0.15) is 11.5 Å². The minimum Gasteiger partial charge on any atom is -0.489 e. The number of hydrogen-bond acceptors (Lipinski definition) is 4. The fourth-order valence-corrected chi connectivity index (χ4v) is 2.72. The molecule has 0 unspecified atom stereocenters. The van der Waals surface area contributed by atoms with E-state index in [0.29, 0.717) is 41.8 Å². The first-order valence-electron chi connectivity index (χ1n) is 7.44. The van der Waals surface area contributed by atoms with E-state index >= 15 is 0 Å². The van der Waals surface area contributed by atoms with Gasteiger partial charge in [0.25, 0.3) is 5.91 Å². The fraction of sp³-hybridized carbons (Fsp3) is 0.353. The Morgan fingerprint density at radius 3 is 2.78 bits per heavy atom. The first-order valence-corrected chi connectivity index (χ1v) is 7.82. The number of carbonyl (C=O) groups is 1. The SMILES string of the molecule is Cc1ccc(CN(C)C(=O)c2cc(Cl)c3c(c2)OCCCO3)o1. The van der Waals surface area contributed by atoms with E-state index in [4.69, 9.17) is 25.5 Å². The predicted octanol–water partition coefficient (Wildman–Crippen LogP) is 3.67. The summed E-state index contributed by atoms with van der Waals surface area (Å²) in [5.74, 6) is 2.42. The molecule has 0 bridgehead atoms. The summed E-state index contributed by atoms with van der Waals surface area (Å²) in [6.07, 6.45) is 0.784. The molecular weight excluding hydrogens is 318 g/mol. The first kappa shape index (κ1) is 15.7.